The number of aromatic nitrogens is 4. The van der Waals surface area contributed by atoms with Gasteiger partial charge in [0.15, 0.2) is 11.6 Å². The second-order valence-corrected chi connectivity index (χ2v) is 8.06. The van der Waals surface area contributed by atoms with Gasteiger partial charge in [-0.1, -0.05) is 29.8 Å². The molecule has 1 unspecified atom stereocenters. The molecule has 0 saturated carbocycles. The van der Waals surface area contributed by atoms with E-state index >= 15 is 0 Å². The molecule has 0 spiro atoms. The highest BCUT2D eigenvalue weighted by Crippen LogP contribution is 2.23. The highest BCUT2D eigenvalue weighted by Gasteiger charge is 2.20. The van der Waals surface area contributed by atoms with Gasteiger partial charge in [-0.05, 0) is 42.8 Å². The van der Waals surface area contributed by atoms with Crippen LogP contribution in [0.15, 0.2) is 65.7 Å². The zero-order valence-corrected chi connectivity index (χ0v) is 19.4. The average Bonchev–Trinajstić information content (AvgIpc) is 3.25. The van der Waals surface area contributed by atoms with Crippen LogP contribution in [-0.4, -0.2) is 32.6 Å². The molecule has 8 nitrogen and oxygen atoms in total. The van der Waals surface area contributed by atoms with Crippen LogP contribution in [0, 0.1) is 5.82 Å². The van der Waals surface area contributed by atoms with E-state index in [9.17, 15) is 14.0 Å². The van der Waals surface area contributed by atoms with Gasteiger partial charge in [-0.2, -0.15) is 14.9 Å². The zero-order valence-electron chi connectivity index (χ0n) is 18.6. The van der Waals surface area contributed by atoms with E-state index in [-0.39, 0.29) is 11.3 Å². The van der Waals surface area contributed by atoms with Crippen LogP contribution in [0.2, 0.25) is 5.02 Å². The molecule has 0 aliphatic heterocycles. The lowest BCUT2D eigenvalue weighted by Gasteiger charge is -2.16. The van der Waals surface area contributed by atoms with Crippen molar-refractivity contribution >= 4 is 17.5 Å². The van der Waals surface area contributed by atoms with E-state index < -0.39 is 23.3 Å². The van der Waals surface area contributed by atoms with E-state index in [4.69, 9.17) is 16.3 Å². The smallest absolute Gasteiger partial charge is 0.284 e. The Labute approximate surface area is 199 Å². The summed E-state index contributed by atoms with van der Waals surface area (Å²) in [5, 5.41) is 11.8. The Balaban J connectivity index is 1.74. The van der Waals surface area contributed by atoms with Crippen LogP contribution >= 0.6 is 11.6 Å². The molecule has 1 N–H and O–H groups in total. The normalized spacial score (nSPS) is 11.8. The second-order valence-electron chi connectivity index (χ2n) is 7.63. The highest BCUT2D eigenvalue weighted by atomic mass is 35.5. The van der Waals surface area contributed by atoms with Crippen LogP contribution < -0.4 is 15.6 Å². The summed E-state index contributed by atoms with van der Waals surface area (Å²) < 4.78 is 21.7. The predicted molar refractivity (Wildman–Crippen MR) is 126 cm³/mol. The fourth-order valence-corrected chi connectivity index (χ4v) is 3.55. The minimum absolute atomic E-state index is 0.100. The van der Waals surface area contributed by atoms with Crippen molar-refractivity contribution in [2.45, 2.75) is 13.0 Å². The molecule has 2 aromatic carbocycles. The molecule has 10 heteroatoms. The van der Waals surface area contributed by atoms with E-state index in [1.165, 1.54) is 36.2 Å². The standard InChI is InChI=1S/C24H21ClFN5O3/c1-14(16-6-9-22(34-3)20(26)10-16)28-23(32)19-11-21(15-4-7-17(25)8-5-15)29-31(24(19)33)18-12-27-30(2)13-18/h4-14H,1-3H3,(H,28,32). The molecular weight excluding hydrogens is 461 g/mol. The largest absolute Gasteiger partial charge is 0.494 e. The Kier molecular flexibility index (Phi) is 6.47. The highest BCUT2D eigenvalue weighted by molar-refractivity contribution is 6.30. The first kappa shape index (κ1) is 23.2. The lowest BCUT2D eigenvalue weighted by atomic mass is 10.1. The van der Waals surface area contributed by atoms with E-state index in [2.05, 4.69) is 15.5 Å². The molecule has 2 aromatic heterocycles. The lowest BCUT2D eigenvalue weighted by molar-refractivity contribution is 0.0937. The molecule has 0 aliphatic carbocycles. The van der Waals surface area contributed by atoms with E-state index in [0.29, 0.717) is 27.5 Å². The first-order valence-electron chi connectivity index (χ1n) is 10.3. The third kappa shape index (κ3) is 4.69. The average molecular weight is 482 g/mol. The zero-order chi connectivity index (χ0) is 24.4. The Morgan fingerprint density at radius 3 is 2.53 bits per heavy atom. The summed E-state index contributed by atoms with van der Waals surface area (Å²) >= 11 is 6.00. The lowest BCUT2D eigenvalue weighted by Crippen LogP contribution is -2.35. The molecule has 1 atom stereocenters. The van der Waals surface area contributed by atoms with Gasteiger partial charge in [0.05, 0.1) is 31.2 Å². The molecule has 0 aliphatic rings. The number of halogens is 2. The summed E-state index contributed by atoms with van der Waals surface area (Å²) in [5.74, 6) is -1.07. The summed E-state index contributed by atoms with van der Waals surface area (Å²) in [7, 11) is 3.08. The number of nitrogens with zero attached hydrogens (tertiary/aromatic N) is 4. The Bertz CT molecular complexity index is 1420. The van der Waals surface area contributed by atoms with Gasteiger partial charge in [0.25, 0.3) is 11.5 Å². The summed E-state index contributed by atoms with van der Waals surface area (Å²) in [6, 6.07) is 12.1. The molecule has 1 amide bonds. The first-order valence-corrected chi connectivity index (χ1v) is 10.7. The molecule has 4 aromatic rings. The van der Waals surface area contributed by atoms with Crippen LogP contribution in [-0.2, 0) is 7.05 Å². The number of benzene rings is 2. The summed E-state index contributed by atoms with van der Waals surface area (Å²) in [5.41, 5.74) is 1.25. The monoisotopic (exact) mass is 481 g/mol. The van der Waals surface area contributed by atoms with Crippen molar-refractivity contribution in [1.82, 2.24) is 24.9 Å². The fourth-order valence-electron chi connectivity index (χ4n) is 3.42. The van der Waals surface area contributed by atoms with Gasteiger partial charge in [0.1, 0.15) is 11.3 Å². The van der Waals surface area contributed by atoms with Crippen molar-refractivity contribution in [3.8, 4) is 22.7 Å². The van der Waals surface area contributed by atoms with Gasteiger partial charge in [0.2, 0.25) is 0 Å². The maximum atomic E-state index is 14.1. The number of hydrogen-bond donors (Lipinski definition) is 1. The van der Waals surface area contributed by atoms with Crippen molar-refractivity contribution in [1.29, 1.82) is 0 Å². The molecule has 2 heterocycles. The third-order valence-corrected chi connectivity index (χ3v) is 5.51. The molecule has 0 bridgehead atoms. The number of nitrogens with one attached hydrogen (secondary N) is 1. The quantitative estimate of drug-likeness (QED) is 0.450. The molecule has 34 heavy (non-hydrogen) atoms. The fraction of sp³-hybridized carbons (Fsp3) is 0.167. The number of ether oxygens (including phenoxy) is 1. The molecule has 174 valence electrons. The number of carbonyl (C=O) groups is 1. The van der Waals surface area contributed by atoms with Crippen molar-refractivity contribution in [2.75, 3.05) is 7.11 Å². The third-order valence-electron chi connectivity index (χ3n) is 5.26. The van der Waals surface area contributed by atoms with Gasteiger partial charge < -0.3 is 10.1 Å². The van der Waals surface area contributed by atoms with Crippen molar-refractivity contribution in [3.63, 3.8) is 0 Å². The van der Waals surface area contributed by atoms with Crippen LogP contribution in [0.3, 0.4) is 0 Å². The Morgan fingerprint density at radius 2 is 1.91 bits per heavy atom. The molecule has 0 saturated heterocycles. The van der Waals surface area contributed by atoms with Crippen LogP contribution in [0.25, 0.3) is 16.9 Å². The second kappa shape index (κ2) is 9.48. The minimum atomic E-state index is -0.621. The molecule has 0 radical (unpaired) electrons. The van der Waals surface area contributed by atoms with Gasteiger partial charge in [-0.15, -0.1) is 0 Å². The maximum Gasteiger partial charge on any atom is 0.284 e. The molecular formula is C24H21ClFN5O3. The van der Waals surface area contributed by atoms with Gasteiger partial charge in [-0.3, -0.25) is 14.3 Å². The Hall–Kier alpha value is -3.98. The summed E-state index contributed by atoms with van der Waals surface area (Å²) in [6.07, 6.45) is 3.09. The van der Waals surface area contributed by atoms with Gasteiger partial charge >= 0.3 is 0 Å². The number of aryl methyl sites for hydroxylation is 1. The van der Waals surface area contributed by atoms with Gasteiger partial charge in [-0.25, -0.2) is 4.39 Å². The minimum Gasteiger partial charge on any atom is -0.494 e. The first-order chi connectivity index (χ1) is 16.3. The van der Waals surface area contributed by atoms with Crippen molar-refractivity contribution in [3.05, 3.63) is 93.2 Å². The molecule has 0 fully saturated rings. The summed E-state index contributed by atoms with van der Waals surface area (Å²) in [4.78, 5) is 26.4. The Morgan fingerprint density at radius 1 is 1.18 bits per heavy atom. The number of methoxy groups -OCH3 is 1. The van der Waals surface area contributed by atoms with Gasteiger partial charge in [0, 0.05) is 17.6 Å². The number of hydrogen-bond acceptors (Lipinski definition) is 5. The van der Waals surface area contributed by atoms with E-state index in [0.717, 1.165) is 4.68 Å². The van der Waals surface area contributed by atoms with E-state index in [1.54, 1.807) is 50.5 Å². The SMILES string of the molecule is COc1ccc(C(C)NC(=O)c2cc(-c3ccc(Cl)cc3)nn(-c3cnn(C)c3)c2=O)cc1F. The van der Waals surface area contributed by atoms with Crippen molar-refractivity contribution in [2.24, 2.45) is 7.05 Å². The van der Waals surface area contributed by atoms with Crippen LogP contribution in [0.5, 0.6) is 5.75 Å². The van der Waals surface area contributed by atoms with Crippen molar-refractivity contribution < 1.29 is 13.9 Å². The number of rotatable bonds is 6. The summed E-state index contributed by atoms with van der Waals surface area (Å²) in [6.45, 7) is 1.69. The number of carbonyl (C=O) groups excluding carboxylic acids is 1. The predicted octanol–water partition coefficient (Wildman–Crippen LogP) is 3.93. The van der Waals surface area contributed by atoms with E-state index in [1.807, 2.05) is 0 Å². The molecule has 4 rings (SSSR count). The number of amides is 1. The van der Waals surface area contributed by atoms with Crippen LogP contribution in [0.4, 0.5) is 4.39 Å². The topological polar surface area (TPSA) is 91.0 Å². The van der Waals surface area contributed by atoms with Crippen LogP contribution in [0.1, 0.15) is 28.9 Å². The maximum absolute atomic E-state index is 14.1.